The van der Waals surface area contributed by atoms with Gasteiger partial charge in [-0.05, 0) is 37.0 Å². The Hall–Kier alpha value is -1.18. The largest absolute Gasteiger partial charge is 0.445 e. The van der Waals surface area contributed by atoms with E-state index in [0.717, 1.165) is 12.8 Å². The molecule has 2 aliphatic rings. The predicted octanol–water partition coefficient (Wildman–Crippen LogP) is 2.87. The van der Waals surface area contributed by atoms with Crippen molar-refractivity contribution in [3.8, 4) is 0 Å². The number of carbonyl (C=O) groups excluding carboxylic acids is 1. The van der Waals surface area contributed by atoms with Crippen molar-refractivity contribution < 1.29 is 18.0 Å². The van der Waals surface area contributed by atoms with Crippen molar-refractivity contribution in [3.63, 3.8) is 0 Å². The van der Waals surface area contributed by atoms with Gasteiger partial charge in [-0.1, -0.05) is 17.8 Å². The molecule has 0 bridgehead atoms. The van der Waals surface area contributed by atoms with E-state index < -0.39 is 17.1 Å². The number of carbonyl (C=O) groups is 1. The van der Waals surface area contributed by atoms with Gasteiger partial charge in [0.15, 0.2) is 0 Å². The molecule has 2 aliphatic carbocycles. The van der Waals surface area contributed by atoms with Gasteiger partial charge >= 0.3 is 6.18 Å². The SMILES string of the molecule is O=C(NCC1(C2CC2)CCC1)c1nnc(C(F)(F)F)s1. The minimum absolute atomic E-state index is 0.188. The van der Waals surface area contributed by atoms with Crippen LogP contribution >= 0.6 is 11.3 Å². The second kappa shape index (κ2) is 4.68. The minimum Gasteiger partial charge on any atom is -0.349 e. The second-order valence-corrected chi connectivity index (χ2v) is 6.56. The molecule has 1 aromatic heterocycles. The molecule has 20 heavy (non-hydrogen) atoms. The highest BCUT2D eigenvalue weighted by atomic mass is 32.1. The highest BCUT2D eigenvalue weighted by molar-refractivity contribution is 7.13. The summed E-state index contributed by atoms with van der Waals surface area (Å²) < 4.78 is 37.2. The van der Waals surface area contributed by atoms with Gasteiger partial charge in [0.25, 0.3) is 5.91 Å². The van der Waals surface area contributed by atoms with Gasteiger partial charge in [-0.3, -0.25) is 4.79 Å². The molecule has 2 fully saturated rings. The number of hydrogen-bond donors (Lipinski definition) is 1. The van der Waals surface area contributed by atoms with Crippen molar-refractivity contribution in [2.75, 3.05) is 6.54 Å². The molecular formula is C12H14F3N3OS. The zero-order valence-electron chi connectivity index (χ0n) is 10.7. The standard InChI is InChI=1S/C12H14F3N3OS/c13-12(14,15)10-18-17-9(20-10)8(19)16-6-11(4-1-5-11)7-2-3-7/h7H,1-6H2,(H,16,19). The molecule has 0 atom stereocenters. The van der Waals surface area contributed by atoms with Crippen LogP contribution in [0.15, 0.2) is 0 Å². The topological polar surface area (TPSA) is 54.9 Å². The van der Waals surface area contributed by atoms with Gasteiger partial charge in [0.05, 0.1) is 0 Å². The Kier molecular flexibility index (Phi) is 3.23. The number of rotatable bonds is 4. The third-order valence-corrected chi connectivity index (χ3v) is 5.22. The third kappa shape index (κ3) is 2.53. The van der Waals surface area contributed by atoms with Crippen LogP contribution in [0.1, 0.15) is 46.9 Å². The molecule has 2 saturated carbocycles. The molecule has 0 unspecified atom stereocenters. The monoisotopic (exact) mass is 305 g/mol. The quantitative estimate of drug-likeness (QED) is 0.930. The van der Waals surface area contributed by atoms with Crippen LogP contribution < -0.4 is 5.32 Å². The fourth-order valence-electron chi connectivity index (χ4n) is 2.82. The maximum Gasteiger partial charge on any atom is 0.445 e. The van der Waals surface area contributed by atoms with Crippen LogP contribution in [0.5, 0.6) is 0 Å². The van der Waals surface area contributed by atoms with E-state index in [0.29, 0.717) is 12.5 Å². The van der Waals surface area contributed by atoms with E-state index in [1.165, 1.54) is 19.3 Å². The maximum absolute atomic E-state index is 12.4. The summed E-state index contributed by atoms with van der Waals surface area (Å²) in [7, 11) is 0. The Morgan fingerprint density at radius 1 is 1.35 bits per heavy atom. The van der Waals surface area contributed by atoms with Crippen LogP contribution in [-0.2, 0) is 6.18 Å². The summed E-state index contributed by atoms with van der Waals surface area (Å²) in [4.78, 5) is 11.8. The van der Waals surface area contributed by atoms with Gasteiger partial charge in [-0.25, -0.2) is 0 Å². The number of nitrogens with one attached hydrogen (secondary N) is 1. The lowest BCUT2D eigenvalue weighted by Gasteiger charge is -2.42. The molecule has 0 aromatic carbocycles. The van der Waals surface area contributed by atoms with E-state index in [1.807, 2.05) is 0 Å². The molecular weight excluding hydrogens is 291 g/mol. The number of alkyl halides is 3. The molecule has 1 N–H and O–H groups in total. The lowest BCUT2D eigenvalue weighted by Crippen LogP contribution is -2.43. The van der Waals surface area contributed by atoms with Crippen LogP contribution in [0.3, 0.4) is 0 Å². The molecule has 0 aliphatic heterocycles. The Labute approximate surface area is 117 Å². The Morgan fingerprint density at radius 2 is 2.05 bits per heavy atom. The molecule has 1 amide bonds. The second-order valence-electron chi connectivity index (χ2n) is 5.58. The van der Waals surface area contributed by atoms with E-state index in [1.54, 1.807) is 0 Å². The average Bonchev–Trinajstić information content (AvgIpc) is 3.03. The van der Waals surface area contributed by atoms with Crippen molar-refractivity contribution in [3.05, 3.63) is 10.0 Å². The summed E-state index contributed by atoms with van der Waals surface area (Å²) >= 11 is 0.289. The molecule has 0 saturated heterocycles. The zero-order valence-corrected chi connectivity index (χ0v) is 11.5. The number of halogens is 3. The van der Waals surface area contributed by atoms with E-state index in [2.05, 4.69) is 15.5 Å². The molecule has 0 radical (unpaired) electrons. The first-order valence-corrected chi connectivity index (χ1v) is 7.41. The van der Waals surface area contributed by atoms with Crippen LogP contribution in [0, 0.1) is 11.3 Å². The smallest absolute Gasteiger partial charge is 0.349 e. The number of aromatic nitrogens is 2. The Morgan fingerprint density at radius 3 is 2.50 bits per heavy atom. The fraction of sp³-hybridized carbons (Fsp3) is 0.750. The third-order valence-electron chi connectivity index (χ3n) is 4.26. The Bertz CT molecular complexity index is 520. The van der Waals surface area contributed by atoms with Crippen LogP contribution in [0.25, 0.3) is 0 Å². The molecule has 110 valence electrons. The highest BCUT2D eigenvalue weighted by Gasteiger charge is 2.49. The van der Waals surface area contributed by atoms with E-state index in [4.69, 9.17) is 0 Å². The van der Waals surface area contributed by atoms with Crippen molar-refractivity contribution >= 4 is 17.2 Å². The lowest BCUT2D eigenvalue weighted by atomic mass is 9.65. The number of amides is 1. The number of hydrogen-bond acceptors (Lipinski definition) is 4. The van der Waals surface area contributed by atoms with E-state index in [-0.39, 0.29) is 21.8 Å². The summed E-state index contributed by atoms with van der Waals surface area (Å²) in [6.07, 6.45) is 1.23. The van der Waals surface area contributed by atoms with E-state index in [9.17, 15) is 18.0 Å². The van der Waals surface area contributed by atoms with Gasteiger partial charge in [-0.15, -0.1) is 10.2 Å². The van der Waals surface area contributed by atoms with E-state index >= 15 is 0 Å². The summed E-state index contributed by atoms with van der Waals surface area (Å²) in [6, 6.07) is 0. The zero-order chi connectivity index (χ0) is 14.4. The van der Waals surface area contributed by atoms with Crippen molar-refractivity contribution in [2.24, 2.45) is 11.3 Å². The van der Waals surface area contributed by atoms with Crippen molar-refractivity contribution in [2.45, 2.75) is 38.3 Å². The molecule has 1 aromatic rings. The first-order valence-electron chi connectivity index (χ1n) is 6.60. The van der Waals surface area contributed by atoms with Gasteiger partial charge in [0.2, 0.25) is 10.0 Å². The Balaban J connectivity index is 1.60. The first kappa shape index (κ1) is 13.8. The molecule has 8 heteroatoms. The summed E-state index contributed by atoms with van der Waals surface area (Å²) in [6.45, 7) is 0.539. The summed E-state index contributed by atoms with van der Waals surface area (Å²) in [5.41, 5.74) is 0.188. The van der Waals surface area contributed by atoms with Gasteiger partial charge in [0, 0.05) is 6.54 Å². The minimum atomic E-state index is -4.54. The summed E-state index contributed by atoms with van der Waals surface area (Å²) in [5, 5.41) is 7.77. The maximum atomic E-state index is 12.4. The van der Waals surface area contributed by atoms with Crippen molar-refractivity contribution in [1.29, 1.82) is 0 Å². The van der Waals surface area contributed by atoms with Crippen LogP contribution in [0.2, 0.25) is 0 Å². The molecule has 0 spiro atoms. The van der Waals surface area contributed by atoms with Crippen LogP contribution in [-0.4, -0.2) is 22.6 Å². The van der Waals surface area contributed by atoms with Crippen molar-refractivity contribution in [1.82, 2.24) is 15.5 Å². The highest BCUT2D eigenvalue weighted by Crippen LogP contribution is 2.56. The fourth-order valence-corrected chi connectivity index (χ4v) is 3.44. The predicted molar refractivity (Wildman–Crippen MR) is 66.3 cm³/mol. The van der Waals surface area contributed by atoms with Gasteiger partial charge in [0.1, 0.15) is 0 Å². The van der Waals surface area contributed by atoms with Gasteiger partial charge < -0.3 is 5.32 Å². The first-order chi connectivity index (χ1) is 9.41. The van der Waals surface area contributed by atoms with Gasteiger partial charge in [-0.2, -0.15) is 13.2 Å². The molecule has 1 heterocycles. The van der Waals surface area contributed by atoms with Crippen LogP contribution in [0.4, 0.5) is 13.2 Å². The number of nitrogens with zero attached hydrogens (tertiary/aromatic N) is 2. The normalized spacial score (nSPS) is 21.4. The molecule has 3 rings (SSSR count). The average molecular weight is 305 g/mol. The molecule has 4 nitrogen and oxygen atoms in total. The summed E-state index contributed by atoms with van der Waals surface area (Å²) in [5.74, 6) is 0.127. The lowest BCUT2D eigenvalue weighted by molar-refractivity contribution is -0.138.